The Morgan fingerprint density at radius 1 is 1.28 bits per heavy atom. The van der Waals surface area contributed by atoms with Gasteiger partial charge in [-0.2, -0.15) is 0 Å². The van der Waals surface area contributed by atoms with Crippen molar-refractivity contribution in [2.45, 2.75) is 30.3 Å². The molecule has 1 atom stereocenters. The van der Waals surface area contributed by atoms with Crippen molar-refractivity contribution in [1.82, 2.24) is 4.98 Å². The fourth-order valence-electron chi connectivity index (χ4n) is 2.42. The van der Waals surface area contributed by atoms with Gasteiger partial charge in [-0.05, 0) is 0 Å². The van der Waals surface area contributed by atoms with Crippen LogP contribution in [-0.4, -0.2) is 9.20 Å². The average molecular weight is 366 g/mol. The fourth-order valence-corrected chi connectivity index (χ4v) is 11.5. The SMILES string of the molecule is Cl.Cl.[CH2]=[Zr]([C]1=CC=CC1)([c]1ccc[nH]1)[C](C)(C)C. The third kappa shape index (κ3) is 2.98. The summed E-state index contributed by atoms with van der Waals surface area (Å²) in [7, 11) is 0. The summed E-state index contributed by atoms with van der Waals surface area (Å²) in [5.41, 5.74) is 0. The monoisotopic (exact) mass is 364 g/mol. The van der Waals surface area contributed by atoms with E-state index in [0.29, 0.717) is 3.12 Å². The van der Waals surface area contributed by atoms with Gasteiger partial charge in [0.1, 0.15) is 0 Å². The number of allylic oxidation sites excluding steroid dienone is 4. The van der Waals surface area contributed by atoms with Crippen molar-refractivity contribution in [2.75, 3.05) is 0 Å². The van der Waals surface area contributed by atoms with Crippen LogP contribution in [0.3, 0.4) is 0 Å². The number of H-pyrrole nitrogens is 1. The van der Waals surface area contributed by atoms with Crippen molar-refractivity contribution in [2.24, 2.45) is 0 Å². The van der Waals surface area contributed by atoms with E-state index in [1.165, 1.54) is 3.40 Å². The van der Waals surface area contributed by atoms with Crippen molar-refractivity contribution in [3.63, 3.8) is 0 Å². The third-order valence-electron chi connectivity index (χ3n) is 3.66. The molecule has 1 unspecified atom stereocenters. The van der Waals surface area contributed by atoms with Crippen LogP contribution >= 0.6 is 24.8 Å². The zero-order valence-electron chi connectivity index (χ0n) is 11.2. The summed E-state index contributed by atoms with van der Waals surface area (Å²) in [4.78, 5) is 3.42. The van der Waals surface area contributed by atoms with Gasteiger partial charge in [-0.1, -0.05) is 0 Å². The van der Waals surface area contributed by atoms with Crippen LogP contribution in [0, 0.1) is 0 Å². The second-order valence-electron chi connectivity index (χ2n) is 5.56. The molecule has 1 aliphatic carbocycles. The number of hydrogen-bond acceptors (Lipinski definition) is 0. The van der Waals surface area contributed by atoms with Gasteiger partial charge in [0.05, 0.1) is 0 Å². The Bertz CT molecular complexity index is 478. The molecule has 0 saturated carbocycles. The Hall–Kier alpha value is 0.0931. The Morgan fingerprint density at radius 2 is 1.94 bits per heavy atom. The van der Waals surface area contributed by atoms with E-state index in [2.05, 4.69) is 56.1 Å². The quantitative estimate of drug-likeness (QED) is 0.810. The van der Waals surface area contributed by atoms with E-state index in [-0.39, 0.29) is 24.8 Å². The van der Waals surface area contributed by atoms with Gasteiger partial charge in [0.25, 0.3) is 0 Å². The molecule has 0 aromatic carbocycles. The summed E-state index contributed by atoms with van der Waals surface area (Å²) in [5.74, 6) is 0. The van der Waals surface area contributed by atoms with E-state index in [1.807, 2.05) is 6.20 Å². The summed E-state index contributed by atoms with van der Waals surface area (Å²) in [5, 5.41) is 0. The molecule has 1 heterocycles. The van der Waals surface area contributed by atoms with Gasteiger partial charge in [-0.25, -0.2) is 0 Å². The molecule has 1 aliphatic rings. The van der Waals surface area contributed by atoms with E-state index >= 15 is 0 Å². The molecule has 1 aromatic heterocycles. The zero-order chi connectivity index (χ0) is 11.8. The van der Waals surface area contributed by atoms with E-state index in [1.54, 1.807) is 3.28 Å². The minimum absolute atomic E-state index is 0. The van der Waals surface area contributed by atoms with Crippen LogP contribution in [-0.2, 0) is 19.8 Å². The maximum absolute atomic E-state index is 4.74. The Morgan fingerprint density at radius 3 is 2.33 bits per heavy atom. The van der Waals surface area contributed by atoms with Gasteiger partial charge in [0.2, 0.25) is 0 Å². The van der Waals surface area contributed by atoms with Crippen LogP contribution in [0.15, 0.2) is 39.8 Å². The number of halogens is 2. The maximum atomic E-state index is 4.74. The molecule has 0 radical (unpaired) electrons. The minimum atomic E-state index is -2.71. The summed E-state index contributed by atoms with van der Waals surface area (Å²) < 4.78 is 8.05. The summed E-state index contributed by atoms with van der Waals surface area (Å²) in [6.07, 6.45) is 9.87. The molecule has 4 heteroatoms. The molecule has 18 heavy (non-hydrogen) atoms. The molecule has 0 amide bonds. The zero-order valence-corrected chi connectivity index (χ0v) is 15.3. The van der Waals surface area contributed by atoms with Gasteiger partial charge in [0.15, 0.2) is 0 Å². The van der Waals surface area contributed by atoms with E-state index in [0.717, 1.165) is 6.42 Å². The summed E-state index contributed by atoms with van der Waals surface area (Å²) in [6, 6.07) is 4.33. The van der Waals surface area contributed by atoms with Gasteiger partial charge in [-0.3, -0.25) is 0 Å². The van der Waals surface area contributed by atoms with Crippen LogP contribution in [0.25, 0.3) is 0 Å². The second kappa shape index (κ2) is 6.50. The topological polar surface area (TPSA) is 15.8 Å². The molecule has 0 fully saturated rings. The van der Waals surface area contributed by atoms with Crippen molar-refractivity contribution < 1.29 is 19.8 Å². The van der Waals surface area contributed by atoms with Crippen molar-refractivity contribution in [3.8, 4) is 0 Å². The predicted octanol–water partition coefficient (Wildman–Crippen LogP) is 4.13. The summed E-state index contributed by atoms with van der Waals surface area (Å²) >= 11 is -2.71. The Balaban J connectivity index is 0.00000144. The van der Waals surface area contributed by atoms with Gasteiger partial charge in [-0.15, -0.1) is 24.8 Å². The van der Waals surface area contributed by atoms with Gasteiger partial charge < -0.3 is 0 Å². The average Bonchev–Trinajstić information content (AvgIpc) is 2.88. The number of aromatic nitrogens is 1. The predicted molar refractivity (Wildman–Crippen MR) is 83.6 cm³/mol. The first-order valence-corrected chi connectivity index (χ1v) is 11.2. The summed E-state index contributed by atoms with van der Waals surface area (Å²) in [6.45, 7) is 7.03. The molecule has 1 N–H and O–H groups in total. The normalized spacial score (nSPS) is 17.4. The molecular weight excluding hydrogens is 344 g/mol. The molecular formula is C14H22Cl2NZr. The van der Waals surface area contributed by atoms with Crippen molar-refractivity contribution in [3.05, 3.63) is 39.8 Å². The molecule has 1 nitrogen and oxygen atoms in total. The second-order valence-corrected chi connectivity index (χ2v) is 16.6. The molecule has 0 aliphatic heterocycles. The molecule has 0 spiro atoms. The molecule has 2 rings (SSSR count). The molecule has 101 valence electrons. The third-order valence-corrected chi connectivity index (χ3v) is 16.6. The van der Waals surface area contributed by atoms with Crippen LogP contribution in [0.5, 0.6) is 0 Å². The van der Waals surface area contributed by atoms with E-state index in [9.17, 15) is 0 Å². The van der Waals surface area contributed by atoms with Crippen LogP contribution in [0.2, 0.25) is 3.12 Å². The van der Waals surface area contributed by atoms with E-state index < -0.39 is 19.8 Å². The molecule has 0 saturated heterocycles. The van der Waals surface area contributed by atoms with Crippen molar-refractivity contribution in [1.29, 1.82) is 0 Å². The van der Waals surface area contributed by atoms with Gasteiger partial charge in [0, 0.05) is 0 Å². The first-order chi connectivity index (χ1) is 7.46. The van der Waals surface area contributed by atoms with E-state index in [4.69, 9.17) is 4.21 Å². The molecule has 1 aromatic rings. The number of hydrogen-bond donors (Lipinski definition) is 1. The Kier molecular flexibility index (Phi) is 6.54. The first-order valence-electron chi connectivity index (χ1n) is 5.81. The van der Waals surface area contributed by atoms with Crippen LogP contribution in [0.4, 0.5) is 0 Å². The number of nitrogens with one attached hydrogen (secondary N) is 1. The van der Waals surface area contributed by atoms with Crippen LogP contribution in [0.1, 0.15) is 27.2 Å². The number of aromatic amines is 1. The van der Waals surface area contributed by atoms with Gasteiger partial charge >= 0.3 is 103 Å². The van der Waals surface area contributed by atoms with Crippen molar-refractivity contribution >= 4 is 32.4 Å². The fraction of sp³-hybridized carbons (Fsp3) is 0.357. The molecule has 0 bridgehead atoms. The first kappa shape index (κ1) is 18.1. The number of rotatable bonds is 2. The standard InChI is InChI=1S/C5H5.C4H4N.C4H9.CH2.2ClH.Zr/c2*1-2-4-5-3-1;1-4(2)3;;;;/h1-3H,4H2;1-3,5H;1-3H3;1H2;2*1H;. The van der Waals surface area contributed by atoms with Crippen LogP contribution < -0.4 is 3.40 Å². The Labute approximate surface area is 126 Å².